The molecule has 0 unspecified atom stereocenters. The number of aromatic nitrogens is 1. The highest BCUT2D eigenvalue weighted by Gasteiger charge is 2.10. The second kappa shape index (κ2) is 4.57. The molecule has 0 N–H and O–H groups in total. The fourth-order valence-corrected chi connectivity index (χ4v) is 0.979. The number of nitro groups is 1. The van der Waals surface area contributed by atoms with Crippen LogP contribution >= 0.6 is 11.6 Å². The first-order valence-electron chi connectivity index (χ1n) is 3.69. The van der Waals surface area contributed by atoms with Gasteiger partial charge in [-0.15, -0.1) is 0 Å². The number of rotatable bonds is 4. The van der Waals surface area contributed by atoms with E-state index in [1.165, 1.54) is 12.1 Å². The van der Waals surface area contributed by atoms with E-state index >= 15 is 0 Å². The molecule has 0 aliphatic heterocycles. The van der Waals surface area contributed by atoms with E-state index in [1.807, 2.05) is 0 Å². The van der Waals surface area contributed by atoms with Crippen LogP contribution in [0.15, 0.2) is 24.8 Å². The van der Waals surface area contributed by atoms with Crippen molar-refractivity contribution in [1.82, 2.24) is 4.98 Å². The maximum absolute atomic E-state index is 10.4. The van der Waals surface area contributed by atoms with E-state index in [4.69, 9.17) is 16.3 Å². The van der Waals surface area contributed by atoms with Crippen LogP contribution in [0.3, 0.4) is 0 Å². The maximum atomic E-state index is 10.4. The van der Waals surface area contributed by atoms with Crippen molar-refractivity contribution in [3.8, 4) is 5.88 Å². The zero-order valence-electron chi connectivity index (χ0n) is 7.14. The van der Waals surface area contributed by atoms with Crippen molar-refractivity contribution in [2.45, 2.75) is 0 Å². The quantitative estimate of drug-likeness (QED) is 0.334. The van der Waals surface area contributed by atoms with Crippen LogP contribution in [0, 0.1) is 10.1 Å². The number of hydrogen-bond acceptors (Lipinski definition) is 4. The standard InChI is InChI=1S/C8H7ClN2O3/c1-2-3-14-8-5-6(11(12)13)4-7(9)10-8/h2,4-5H,1,3H2. The molecule has 0 spiro atoms. The van der Waals surface area contributed by atoms with E-state index in [2.05, 4.69) is 11.6 Å². The van der Waals surface area contributed by atoms with Gasteiger partial charge in [0.25, 0.3) is 5.69 Å². The van der Waals surface area contributed by atoms with Crippen molar-refractivity contribution in [3.63, 3.8) is 0 Å². The molecule has 0 aliphatic rings. The fourth-order valence-electron chi connectivity index (χ4n) is 0.784. The van der Waals surface area contributed by atoms with Gasteiger partial charge >= 0.3 is 0 Å². The molecule has 0 aliphatic carbocycles. The van der Waals surface area contributed by atoms with Gasteiger partial charge in [0, 0.05) is 0 Å². The van der Waals surface area contributed by atoms with Crippen LogP contribution in [0.25, 0.3) is 0 Å². The lowest BCUT2D eigenvalue weighted by Crippen LogP contribution is -1.97. The lowest BCUT2D eigenvalue weighted by atomic mass is 10.4. The van der Waals surface area contributed by atoms with Crippen LogP contribution in [0.5, 0.6) is 5.88 Å². The van der Waals surface area contributed by atoms with Gasteiger partial charge in [-0.3, -0.25) is 10.1 Å². The second-order valence-corrected chi connectivity index (χ2v) is 2.73. The summed E-state index contributed by atoms with van der Waals surface area (Å²) in [4.78, 5) is 13.6. The van der Waals surface area contributed by atoms with Crippen molar-refractivity contribution in [2.75, 3.05) is 6.61 Å². The van der Waals surface area contributed by atoms with Crippen molar-refractivity contribution in [2.24, 2.45) is 0 Å². The molecule has 14 heavy (non-hydrogen) atoms. The second-order valence-electron chi connectivity index (χ2n) is 2.34. The third-order valence-electron chi connectivity index (χ3n) is 1.32. The van der Waals surface area contributed by atoms with E-state index in [0.717, 1.165) is 6.07 Å². The molecule has 1 heterocycles. The summed E-state index contributed by atoms with van der Waals surface area (Å²) in [6.07, 6.45) is 1.51. The van der Waals surface area contributed by atoms with Gasteiger partial charge in [0.1, 0.15) is 11.8 Å². The Bertz CT molecular complexity index is 368. The molecule has 0 saturated heterocycles. The van der Waals surface area contributed by atoms with Crippen molar-refractivity contribution in [3.05, 3.63) is 40.1 Å². The van der Waals surface area contributed by atoms with Gasteiger partial charge in [-0.2, -0.15) is 0 Å². The van der Waals surface area contributed by atoms with Crippen LogP contribution in [0.4, 0.5) is 5.69 Å². The summed E-state index contributed by atoms with van der Waals surface area (Å²) in [5, 5.41) is 10.4. The van der Waals surface area contributed by atoms with Gasteiger partial charge < -0.3 is 4.74 Å². The number of halogens is 1. The molecule has 0 aromatic carbocycles. The molecule has 74 valence electrons. The molecule has 0 bridgehead atoms. The zero-order chi connectivity index (χ0) is 10.6. The topological polar surface area (TPSA) is 65.3 Å². The summed E-state index contributed by atoms with van der Waals surface area (Å²) < 4.78 is 5.01. The fraction of sp³-hybridized carbons (Fsp3) is 0.125. The summed E-state index contributed by atoms with van der Waals surface area (Å²) in [7, 11) is 0. The Hall–Kier alpha value is -1.62. The van der Waals surface area contributed by atoms with Crippen LogP contribution < -0.4 is 4.74 Å². The lowest BCUT2D eigenvalue weighted by Gasteiger charge is -2.01. The molecule has 1 aromatic heterocycles. The highest BCUT2D eigenvalue weighted by atomic mass is 35.5. The van der Waals surface area contributed by atoms with E-state index < -0.39 is 4.92 Å². The number of ether oxygens (including phenoxy) is 1. The molecule has 0 amide bonds. The van der Waals surface area contributed by atoms with Crippen LogP contribution in [-0.4, -0.2) is 16.5 Å². The van der Waals surface area contributed by atoms with Crippen molar-refractivity contribution in [1.29, 1.82) is 0 Å². The average Bonchev–Trinajstić information content (AvgIpc) is 2.14. The predicted molar refractivity (Wildman–Crippen MR) is 51.6 cm³/mol. The molecule has 0 fully saturated rings. The van der Waals surface area contributed by atoms with E-state index in [-0.39, 0.29) is 23.3 Å². The summed E-state index contributed by atoms with van der Waals surface area (Å²) >= 11 is 5.55. The first kappa shape index (κ1) is 10.5. The highest BCUT2D eigenvalue weighted by molar-refractivity contribution is 6.29. The largest absolute Gasteiger partial charge is 0.473 e. The van der Waals surface area contributed by atoms with Crippen LogP contribution in [0.1, 0.15) is 0 Å². The number of nitrogens with zero attached hydrogens (tertiary/aromatic N) is 2. The molecular weight excluding hydrogens is 208 g/mol. The minimum absolute atomic E-state index is 0.0262. The summed E-state index contributed by atoms with van der Waals surface area (Å²) in [6, 6.07) is 2.36. The zero-order valence-corrected chi connectivity index (χ0v) is 7.90. The first-order chi connectivity index (χ1) is 6.63. The average molecular weight is 215 g/mol. The van der Waals surface area contributed by atoms with E-state index in [1.54, 1.807) is 0 Å². The van der Waals surface area contributed by atoms with Crippen molar-refractivity contribution >= 4 is 17.3 Å². The van der Waals surface area contributed by atoms with Gasteiger partial charge in [-0.1, -0.05) is 24.3 Å². The Morgan fingerprint density at radius 3 is 3.00 bits per heavy atom. The highest BCUT2D eigenvalue weighted by Crippen LogP contribution is 2.21. The Balaban J connectivity index is 2.94. The normalized spacial score (nSPS) is 9.50. The Morgan fingerprint density at radius 2 is 2.43 bits per heavy atom. The molecule has 0 radical (unpaired) electrons. The first-order valence-corrected chi connectivity index (χ1v) is 4.07. The Kier molecular flexibility index (Phi) is 3.41. The minimum Gasteiger partial charge on any atom is -0.473 e. The molecule has 1 aromatic rings. The Labute approximate surface area is 85.1 Å². The monoisotopic (exact) mass is 214 g/mol. The van der Waals surface area contributed by atoms with Gasteiger partial charge in [0.05, 0.1) is 17.1 Å². The summed E-state index contributed by atoms with van der Waals surface area (Å²) in [5.41, 5.74) is -0.149. The SMILES string of the molecule is C=CCOc1cc([N+](=O)[O-])cc(Cl)n1. The minimum atomic E-state index is -0.561. The molecular formula is C8H7ClN2O3. The van der Waals surface area contributed by atoms with Gasteiger partial charge in [-0.05, 0) is 0 Å². The predicted octanol–water partition coefficient (Wildman–Crippen LogP) is 2.21. The van der Waals surface area contributed by atoms with E-state index in [9.17, 15) is 10.1 Å². The molecule has 6 heteroatoms. The van der Waals surface area contributed by atoms with Crippen molar-refractivity contribution < 1.29 is 9.66 Å². The van der Waals surface area contributed by atoms with Gasteiger partial charge in [-0.25, -0.2) is 4.98 Å². The molecule has 0 saturated carbocycles. The van der Waals surface area contributed by atoms with Gasteiger partial charge in [0.2, 0.25) is 5.88 Å². The third-order valence-corrected chi connectivity index (χ3v) is 1.51. The number of hydrogen-bond donors (Lipinski definition) is 0. The lowest BCUT2D eigenvalue weighted by molar-refractivity contribution is -0.385. The maximum Gasteiger partial charge on any atom is 0.277 e. The van der Waals surface area contributed by atoms with E-state index in [0.29, 0.717) is 0 Å². The summed E-state index contributed by atoms with van der Waals surface area (Å²) in [6.45, 7) is 3.66. The third kappa shape index (κ3) is 2.70. The van der Waals surface area contributed by atoms with Crippen LogP contribution in [-0.2, 0) is 0 Å². The molecule has 1 rings (SSSR count). The smallest absolute Gasteiger partial charge is 0.277 e. The number of pyridine rings is 1. The summed E-state index contributed by atoms with van der Waals surface area (Å²) in [5.74, 6) is 0.115. The van der Waals surface area contributed by atoms with Crippen LogP contribution in [0.2, 0.25) is 5.15 Å². The van der Waals surface area contributed by atoms with Gasteiger partial charge in [0.15, 0.2) is 0 Å². The molecule has 5 nitrogen and oxygen atoms in total. The molecule has 0 atom stereocenters. The Morgan fingerprint density at radius 1 is 1.71 bits per heavy atom.